The van der Waals surface area contributed by atoms with Crippen LogP contribution in [0.15, 0.2) is 29.8 Å². The first-order valence-corrected chi connectivity index (χ1v) is 6.12. The van der Waals surface area contributed by atoms with Crippen LogP contribution in [0, 0.1) is 17.2 Å². The number of hydrogen-bond donors (Lipinski definition) is 1. The van der Waals surface area contributed by atoms with Crippen LogP contribution >= 0.6 is 0 Å². The molecule has 0 aromatic heterocycles. The maximum atomic E-state index is 8.43. The summed E-state index contributed by atoms with van der Waals surface area (Å²) in [6, 6.07) is 9.74. The molecule has 0 spiro atoms. The molecule has 1 rings (SSSR count). The van der Waals surface area contributed by atoms with Gasteiger partial charge in [-0.3, -0.25) is 0 Å². The molecule has 0 atom stereocenters. The SMILES string of the molecule is CNCC(=Cc1ccc(OCC#N)cc1)C(C)C. The lowest BCUT2D eigenvalue weighted by Gasteiger charge is -2.11. The molecule has 0 radical (unpaired) electrons. The zero-order valence-corrected chi connectivity index (χ0v) is 11.2. The first-order valence-electron chi connectivity index (χ1n) is 6.12. The third kappa shape index (κ3) is 4.60. The molecule has 0 aliphatic heterocycles. The maximum Gasteiger partial charge on any atom is 0.174 e. The molecule has 3 heteroatoms. The highest BCUT2D eigenvalue weighted by Gasteiger charge is 2.02. The van der Waals surface area contributed by atoms with Gasteiger partial charge in [0, 0.05) is 6.54 Å². The summed E-state index contributed by atoms with van der Waals surface area (Å²) in [6.45, 7) is 5.36. The molecule has 0 saturated carbocycles. The van der Waals surface area contributed by atoms with Crippen LogP contribution in [0.2, 0.25) is 0 Å². The van der Waals surface area contributed by atoms with Crippen LogP contribution in [-0.2, 0) is 0 Å². The Morgan fingerprint density at radius 2 is 2.06 bits per heavy atom. The minimum atomic E-state index is 0.0895. The van der Waals surface area contributed by atoms with Gasteiger partial charge in [-0.25, -0.2) is 0 Å². The van der Waals surface area contributed by atoms with Crippen LogP contribution in [0.1, 0.15) is 19.4 Å². The van der Waals surface area contributed by atoms with E-state index in [4.69, 9.17) is 10.00 Å². The van der Waals surface area contributed by atoms with Crippen molar-refractivity contribution in [2.45, 2.75) is 13.8 Å². The third-order valence-electron chi connectivity index (χ3n) is 2.66. The number of nitrogens with zero attached hydrogens (tertiary/aromatic N) is 1. The smallest absolute Gasteiger partial charge is 0.174 e. The fraction of sp³-hybridized carbons (Fsp3) is 0.400. The van der Waals surface area contributed by atoms with E-state index in [1.54, 1.807) is 0 Å². The average molecular weight is 244 g/mol. The van der Waals surface area contributed by atoms with Crippen LogP contribution < -0.4 is 10.1 Å². The highest BCUT2D eigenvalue weighted by atomic mass is 16.5. The molecule has 1 aromatic rings. The number of hydrogen-bond acceptors (Lipinski definition) is 3. The van der Waals surface area contributed by atoms with Gasteiger partial charge < -0.3 is 10.1 Å². The van der Waals surface area contributed by atoms with Crippen molar-refractivity contribution < 1.29 is 4.74 Å². The fourth-order valence-electron chi connectivity index (χ4n) is 1.62. The van der Waals surface area contributed by atoms with E-state index in [2.05, 4.69) is 25.2 Å². The van der Waals surface area contributed by atoms with Gasteiger partial charge in [-0.15, -0.1) is 0 Å². The fourth-order valence-corrected chi connectivity index (χ4v) is 1.62. The molecule has 18 heavy (non-hydrogen) atoms. The van der Waals surface area contributed by atoms with Crippen LogP contribution in [0.4, 0.5) is 0 Å². The lowest BCUT2D eigenvalue weighted by atomic mass is 10.0. The van der Waals surface area contributed by atoms with Gasteiger partial charge in [-0.1, -0.05) is 37.6 Å². The summed E-state index contributed by atoms with van der Waals surface area (Å²) in [5.41, 5.74) is 2.52. The van der Waals surface area contributed by atoms with E-state index in [0.29, 0.717) is 5.92 Å². The first kappa shape index (κ1) is 14.3. The molecule has 0 unspecified atom stereocenters. The number of benzene rings is 1. The van der Waals surface area contributed by atoms with Crippen molar-refractivity contribution in [1.82, 2.24) is 5.32 Å². The van der Waals surface area contributed by atoms with Crippen LogP contribution in [-0.4, -0.2) is 20.2 Å². The average Bonchev–Trinajstić information content (AvgIpc) is 2.37. The number of likely N-dealkylation sites (N-methyl/N-ethyl adjacent to an activating group) is 1. The summed E-state index contributed by atoms with van der Waals surface area (Å²) in [5.74, 6) is 1.25. The Morgan fingerprint density at radius 1 is 1.39 bits per heavy atom. The Kier molecular flexibility index (Phi) is 5.96. The molecule has 0 bridgehead atoms. The predicted octanol–water partition coefficient (Wildman–Crippen LogP) is 2.85. The van der Waals surface area contributed by atoms with Crippen molar-refractivity contribution in [2.75, 3.05) is 20.2 Å². The van der Waals surface area contributed by atoms with E-state index in [1.807, 2.05) is 37.4 Å². The molecule has 3 nitrogen and oxygen atoms in total. The number of nitrogens with one attached hydrogen (secondary N) is 1. The monoisotopic (exact) mass is 244 g/mol. The summed E-state index contributed by atoms with van der Waals surface area (Å²) < 4.78 is 5.22. The van der Waals surface area contributed by atoms with E-state index >= 15 is 0 Å². The van der Waals surface area contributed by atoms with Crippen molar-refractivity contribution in [3.63, 3.8) is 0 Å². The van der Waals surface area contributed by atoms with E-state index in [1.165, 1.54) is 5.57 Å². The zero-order valence-electron chi connectivity index (χ0n) is 11.2. The van der Waals surface area contributed by atoms with Crippen molar-refractivity contribution in [3.05, 3.63) is 35.4 Å². The summed E-state index contributed by atoms with van der Waals surface area (Å²) in [7, 11) is 1.95. The second-order valence-electron chi connectivity index (χ2n) is 4.42. The Balaban J connectivity index is 2.77. The normalized spacial score (nSPS) is 11.4. The minimum absolute atomic E-state index is 0.0895. The molecule has 0 saturated heterocycles. The molecule has 0 heterocycles. The predicted molar refractivity (Wildman–Crippen MR) is 74.3 cm³/mol. The Morgan fingerprint density at radius 3 is 2.56 bits per heavy atom. The lowest BCUT2D eigenvalue weighted by molar-refractivity contribution is 0.368. The summed E-state index contributed by atoms with van der Waals surface area (Å²) in [6.07, 6.45) is 2.19. The molecule has 96 valence electrons. The van der Waals surface area contributed by atoms with Gasteiger partial charge in [0.2, 0.25) is 0 Å². The number of rotatable bonds is 6. The molecule has 0 aliphatic rings. The molecular formula is C15H20N2O. The van der Waals surface area contributed by atoms with Gasteiger partial charge >= 0.3 is 0 Å². The topological polar surface area (TPSA) is 45.0 Å². The van der Waals surface area contributed by atoms with E-state index in [-0.39, 0.29) is 6.61 Å². The number of nitriles is 1. The zero-order chi connectivity index (χ0) is 13.4. The van der Waals surface area contributed by atoms with Gasteiger partial charge in [0.1, 0.15) is 11.8 Å². The van der Waals surface area contributed by atoms with Crippen LogP contribution in [0.25, 0.3) is 6.08 Å². The van der Waals surface area contributed by atoms with Crippen molar-refractivity contribution in [2.24, 2.45) is 5.92 Å². The second kappa shape index (κ2) is 7.52. The van der Waals surface area contributed by atoms with Gasteiger partial charge in [-0.2, -0.15) is 5.26 Å². The molecule has 0 fully saturated rings. The minimum Gasteiger partial charge on any atom is -0.479 e. The lowest BCUT2D eigenvalue weighted by Crippen LogP contribution is -2.13. The summed E-state index contributed by atoms with van der Waals surface area (Å²) in [5, 5.41) is 11.6. The standard InChI is InChI=1S/C15H20N2O/c1-12(2)14(11-17-3)10-13-4-6-15(7-5-13)18-9-8-16/h4-7,10,12,17H,9,11H2,1-3H3. The second-order valence-corrected chi connectivity index (χ2v) is 4.42. The summed E-state index contributed by atoms with van der Waals surface area (Å²) >= 11 is 0. The van der Waals surface area contributed by atoms with Gasteiger partial charge in [0.05, 0.1) is 0 Å². The third-order valence-corrected chi connectivity index (χ3v) is 2.66. The Labute approximate surface area is 109 Å². The highest BCUT2D eigenvalue weighted by molar-refractivity contribution is 5.54. The summed E-state index contributed by atoms with van der Waals surface area (Å²) in [4.78, 5) is 0. The molecular weight excluding hydrogens is 224 g/mol. The van der Waals surface area contributed by atoms with Crippen molar-refractivity contribution in [1.29, 1.82) is 5.26 Å². The van der Waals surface area contributed by atoms with Crippen LogP contribution in [0.3, 0.4) is 0 Å². The van der Waals surface area contributed by atoms with Crippen molar-refractivity contribution >= 4 is 6.08 Å². The van der Waals surface area contributed by atoms with Crippen LogP contribution in [0.5, 0.6) is 5.75 Å². The van der Waals surface area contributed by atoms with E-state index < -0.39 is 0 Å². The largest absolute Gasteiger partial charge is 0.479 e. The van der Waals surface area contributed by atoms with E-state index in [0.717, 1.165) is 17.9 Å². The van der Waals surface area contributed by atoms with Gasteiger partial charge in [0.25, 0.3) is 0 Å². The number of ether oxygens (including phenoxy) is 1. The Hall–Kier alpha value is -1.79. The highest BCUT2D eigenvalue weighted by Crippen LogP contribution is 2.17. The van der Waals surface area contributed by atoms with Gasteiger partial charge in [0.15, 0.2) is 6.61 Å². The first-order chi connectivity index (χ1) is 8.67. The molecule has 1 aromatic carbocycles. The van der Waals surface area contributed by atoms with Crippen molar-refractivity contribution in [3.8, 4) is 11.8 Å². The van der Waals surface area contributed by atoms with Gasteiger partial charge in [-0.05, 0) is 30.7 Å². The maximum absolute atomic E-state index is 8.43. The van der Waals surface area contributed by atoms with E-state index in [9.17, 15) is 0 Å². The quantitative estimate of drug-likeness (QED) is 0.837. The molecule has 1 N–H and O–H groups in total. The molecule has 0 aliphatic carbocycles. The Bertz CT molecular complexity index is 427. The molecule has 0 amide bonds.